The summed E-state index contributed by atoms with van der Waals surface area (Å²) < 4.78 is 4.99. The van der Waals surface area contributed by atoms with E-state index in [4.69, 9.17) is 4.74 Å². The summed E-state index contributed by atoms with van der Waals surface area (Å²) in [6, 6.07) is 1.48. The molecule has 0 aromatic carbocycles. The van der Waals surface area contributed by atoms with Crippen LogP contribution in [0.3, 0.4) is 0 Å². The second kappa shape index (κ2) is 5.12. The number of piperidine rings is 1. The molecule has 0 aliphatic carbocycles. The van der Waals surface area contributed by atoms with Crippen molar-refractivity contribution in [3.05, 3.63) is 22.1 Å². The maximum absolute atomic E-state index is 11.5. The average molecular weight is 223 g/mol. The fourth-order valence-corrected chi connectivity index (χ4v) is 1.97. The number of nitrogens with one attached hydrogen (secondary N) is 1. The van der Waals surface area contributed by atoms with Gasteiger partial charge in [0.2, 0.25) is 5.95 Å². The van der Waals surface area contributed by atoms with Crippen molar-refractivity contribution >= 4 is 5.95 Å². The molecule has 1 aliphatic heterocycles. The molecule has 2 rings (SSSR count). The molecule has 16 heavy (non-hydrogen) atoms. The third-order valence-corrected chi connectivity index (χ3v) is 2.73. The molecular formula is C11H17N3O2. The predicted molar refractivity (Wildman–Crippen MR) is 61.6 cm³/mol. The Morgan fingerprint density at radius 1 is 1.44 bits per heavy atom. The van der Waals surface area contributed by atoms with Crippen LogP contribution in [0.15, 0.2) is 10.9 Å². The molecule has 1 aromatic rings. The zero-order valence-corrected chi connectivity index (χ0v) is 9.53. The van der Waals surface area contributed by atoms with Gasteiger partial charge in [0.25, 0.3) is 5.56 Å². The Bertz CT molecular complexity index is 396. The molecule has 0 unspecified atom stereocenters. The normalized spacial score (nSPS) is 16.4. The summed E-state index contributed by atoms with van der Waals surface area (Å²) in [5.74, 6) is 0.680. The molecule has 1 saturated heterocycles. The van der Waals surface area contributed by atoms with Crippen molar-refractivity contribution in [3.8, 4) is 0 Å². The molecule has 0 atom stereocenters. The minimum atomic E-state index is -0.109. The van der Waals surface area contributed by atoms with Gasteiger partial charge in [-0.05, 0) is 19.3 Å². The first-order valence-electron chi connectivity index (χ1n) is 5.64. The van der Waals surface area contributed by atoms with Crippen LogP contribution in [0.2, 0.25) is 0 Å². The van der Waals surface area contributed by atoms with Gasteiger partial charge in [0, 0.05) is 26.3 Å². The number of aromatic nitrogens is 2. The third-order valence-electron chi connectivity index (χ3n) is 2.73. The van der Waals surface area contributed by atoms with Crippen LogP contribution < -0.4 is 10.5 Å². The molecule has 88 valence electrons. The maximum atomic E-state index is 11.5. The highest BCUT2D eigenvalue weighted by atomic mass is 16.5. The van der Waals surface area contributed by atoms with Crippen LogP contribution in [0, 0.1) is 0 Å². The lowest BCUT2D eigenvalue weighted by Crippen LogP contribution is -2.32. The molecular weight excluding hydrogens is 206 g/mol. The van der Waals surface area contributed by atoms with E-state index in [9.17, 15) is 4.79 Å². The highest BCUT2D eigenvalue weighted by Crippen LogP contribution is 2.14. The van der Waals surface area contributed by atoms with E-state index in [1.54, 1.807) is 7.11 Å². The number of nitrogens with zero attached hydrogens (tertiary/aromatic N) is 2. The minimum absolute atomic E-state index is 0.109. The summed E-state index contributed by atoms with van der Waals surface area (Å²) in [6.45, 7) is 2.32. The fourth-order valence-electron chi connectivity index (χ4n) is 1.97. The standard InChI is InChI=1S/C11H17N3O2/c1-16-8-9-7-10(15)13-11(12-9)14-5-3-2-4-6-14/h7H,2-6,8H2,1H3,(H,12,13,15). The van der Waals surface area contributed by atoms with Crippen LogP contribution in [-0.4, -0.2) is 30.2 Å². The summed E-state index contributed by atoms with van der Waals surface area (Å²) >= 11 is 0. The van der Waals surface area contributed by atoms with Gasteiger partial charge in [0.15, 0.2) is 0 Å². The van der Waals surface area contributed by atoms with Crippen LogP contribution in [0.4, 0.5) is 5.95 Å². The Hall–Kier alpha value is -1.36. The van der Waals surface area contributed by atoms with Crippen molar-refractivity contribution < 1.29 is 4.74 Å². The Kier molecular flexibility index (Phi) is 3.56. The molecule has 1 N–H and O–H groups in total. The fraction of sp³-hybridized carbons (Fsp3) is 0.636. The molecule has 0 amide bonds. The summed E-state index contributed by atoms with van der Waals surface area (Å²) in [5.41, 5.74) is 0.578. The van der Waals surface area contributed by atoms with Crippen molar-refractivity contribution in [3.63, 3.8) is 0 Å². The van der Waals surface area contributed by atoms with Crippen molar-refractivity contribution in [1.29, 1.82) is 0 Å². The molecule has 2 heterocycles. The van der Waals surface area contributed by atoms with E-state index >= 15 is 0 Å². The summed E-state index contributed by atoms with van der Waals surface area (Å²) in [5, 5.41) is 0. The lowest BCUT2D eigenvalue weighted by molar-refractivity contribution is 0.181. The lowest BCUT2D eigenvalue weighted by Gasteiger charge is -2.27. The highest BCUT2D eigenvalue weighted by molar-refractivity contribution is 5.30. The average Bonchev–Trinajstić information content (AvgIpc) is 2.30. The summed E-state index contributed by atoms with van der Waals surface area (Å²) in [4.78, 5) is 20.8. The first-order valence-corrected chi connectivity index (χ1v) is 5.64. The Balaban J connectivity index is 2.21. The van der Waals surface area contributed by atoms with E-state index < -0.39 is 0 Å². The summed E-state index contributed by atoms with van der Waals surface area (Å²) in [7, 11) is 1.60. The number of anilines is 1. The molecule has 5 nitrogen and oxygen atoms in total. The molecule has 0 radical (unpaired) electrons. The monoisotopic (exact) mass is 223 g/mol. The number of hydrogen-bond donors (Lipinski definition) is 1. The number of methoxy groups -OCH3 is 1. The molecule has 1 fully saturated rings. The smallest absolute Gasteiger partial charge is 0.252 e. The number of aromatic amines is 1. The number of ether oxygens (including phenoxy) is 1. The van der Waals surface area contributed by atoms with Gasteiger partial charge in [-0.1, -0.05) is 0 Å². The first kappa shape index (κ1) is 11.1. The minimum Gasteiger partial charge on any atom is -0.378 e. The Morgan fingerprint density at radius 2 is 2.19 bits per heavy atom. The van der Waals surface area contributed by atoms with E-state index in [0.717, 1.165) is 25.9 Å². The van der Waals surface area contributed by atoms with Crippen molar-refractivity contribution in [1.82, 2.24) is 9.97 Å². The van der Waals surface area contributed by atoms with Gasteiger partial charge < -0.3 is 9.64 Å². The SMILES string of the molecule is COCc1cc(=O)[nH]c(N2CCCCC2)n1. The van der Waals surface area contributed by atoms with E-state index in [1.807, 2.05) is 0 Å². The Morgan fingerprint density at radius 3 is 2.88 bits per heavy atom. The van der Waals surface area contributed by atoms with E-state index in [1.165, 1.54) is 12.5 Å². The van der Waals surface area contributed by atoms with Gasteiger partial charge in [-0.15, -0.1) is 0 Å². The zero-order valence-electron chi connectivity index (χ0n) is 9.53. The topological polar surface area (TPSA) is 58.2 Å². The highest BCUT2D eigenvalue weighted by Gasteiger charge is 2.13. The van der Waals surface area contributed by atoms with Gasteiger partial charge >= 0.3 is 0 Å². The molecule has 5 heteroatoms. The molecule has 0 spiro atoms. The van der Waals surface area contributed by atoms with Crippen LogP contribution in [0.1, 0.15) is 25.0 Å². The van der Waals surface area contributed by atoms with Gasteiger partial charge in [0.1, 0.15) is 0 Å². The maximum Gasteiger partial charge on any atom is 0.252 e. The van der Waals surface area contributed by atoms with Crippen molar-refractivity contribution in [2.24, 2.45) is 0 Å². The van der Waals surface area contributed by atoms with Crippen LogP contribution >= 0.6 is 0 Å². The first-order chi connectivity index (χ1) is 7.79. The van der Waals surface area contributed by atoms with E-state index in [0.29, 0.717) is 18.2 Å². The second-order valence-corrected chi connectivity index (χ2v) is 4.04. The molecule has 0 bridgehead atoms. The quantitative estimate of drug-likeness (QED) is 0.827. The van der Waals surface area contributed by atoms with Gasteiger partial charge in [0.05, 0.1) is 12.3 Å². The number of H-pyrrole nitrogens is 1. The molecule has 1 aromatic heterocycles. The van der Waals surface area contributed by atoms with Crippen molar-refractivity contribution in [2.75, 3.05) is 25.1 Å². The number of hydrogen-bond acceptors (Lipinski definition) is 4. The zero-order chi connectivity index (χ0) is 11.4. The summed E-state index contributed by atoms with van der Waals surface area (Å²) in [6.07, 6.45) is 3.59. The van der Waals surface area contributed by atoms with E-state index in [-0.39, 0.29) is 5.56 Å². The third kappa shape index (κ3) is 2.61. The number of rotatable bonds is 3. The van der Waals surface area contributed by atoms with Gasteiger partial charge in [-0.2, -0.15) is 0 Å². The van der Waals surface area contributed by atoms with Crippen LogP contribution in [-0.2, 0) is 11.3 Å². The predicted octanol–water partition coefficient (Wildman–Crippen LogP) is 0.907. The Labute approximate surface area is 94.5 Å². The largest absolute Gasteiger partial charge is 0.378 e. The van der Waals surface area contributed by atoms with Gasteiger partial charge in [-0.25, -0.2) is 4.98 Å². The molecule has 0 saturated carbocycles. The van der Waals surface area contributed by atoms with Gasteiger partial charge in [-0.3, -0.25) is 9.78 Å². The molecule has 1 aliphatic rings. The second-order valence-electron chi connectivity index (χ2n) is 4.04. The lowest BCUT2D eigenvalue weighted by atomic mass is 10.1. The van der Waals surface area contributed by atoms with Crippen molar-refractivity contribution in [2.45, 2.75) is 25.9 Å². The van der Waals surface area contributed by atoms with Crippen LogP contribution in [0.5, 0.6) is 0 Å². The van der Waals surface area contributed by atoms with Crippen LogP contribution in [0.25, 0.3) is 0 Å². The van der Waals surface area contributed by atoms with E-state index in [2.05, 4.69) is 14.9 Å².